The number of nitrogens with one attached hydrogen (secondary N) is 2. The van der Waals surface area contributed by atoms with Crippen LogP contribution in [-0.2, 0) is 10.5 Å². The fraction of sp³-hybridized carbons (Fsp3) is 0.562. The third kappa shape index (κ3) is 5.97. The van der Waals surface area contributed by atoms with Gasteiger partial charge in [0.1, 0.15) is 0 Å². The molecule has 112 valence electrons. The van der Waals surface area contributed by atoms with Crippen molar-refractivity contribution >= 4 is 23.4 Å². The van der Waals surface area contributed by atoms with Crippen molar-refractivity contribution in [2.24, 2.45) is 0 Å². The lowest BCUT2D eigenvalue weighted by atomic mass is 10.1. The van der Waals surface area contributed by atoms with Gasteiger partial charge in [-0.3, -0.25) is 4.79 Å². The minimum atomic E-state index is 0.0945. The second-order valence-corrected chi connectivity index (χ2v) is 6.77. The van der Waals surface area contributed by atoms with Crippen LogP contribution in [0.4, 0.5) is 5.69 Å². The molecule has 0 atom stereocenters. The molecule has 0 spiro atoms. The van der Waals surface area contributed by atoms with Gasteiger partial charge < -0.3 is 10.6 Å². The van der Waals surface area contributed by atoms with Crippen LogP contribution in [0.1, 0.15) is 37.8 Å². The predicted octanol–water partition coefficient (Wildman–Crippen LogP) is 3.57. The molecule has 1 aromatic carbocycles. The van der Waals surface area contributed by atoms with E-state index in [9.17, 15) is 4.79 Å². The molecule has 0 saturated carbocycles. The summed E-state index contributed by atoms with van der Waals surface area (Å²) < 4.78 is 0. The number of hydrogen-bond donors (Lipinski definition) is 2. The summed E-state index contributed by atoms with van der Waals surface area (Å²) in [5, 5.41) is 6.69. The van der Waals surface area contributed by atoms with Gasteiger partial charge in [-0.2, -0.15) is 11.8 Å². The van der Waals surface area contributed by atoms with Crippen molar-refractivity contribution in [2.45, 2.75) is 44.6 Å². The zero-order valence-electron chi connectivity index (χ0n) is 13.0. The van der Waals surface area contributed by atoms with Crippen LogP contribution in [0.2, 0.25) is 0 Å². The number of thioether (sulfide) groups is 1. The van der Waals surface area contributed by atoms with E-state index in [1.54, 1.807) is 0 Å². The average molecular weight is 294 g/mol. The molecule has 20 heavy (non-hydrogen) atoms. The van der Waals surface area contributed by atoms with E-state index in [-0.39, 0.29) is 5.91 Å². The van der Waals surface area contributed by atoms with Crippen LogP contribution in [0.15, 0.2) is 18.2 Å². The van der Waals surface area contributed by atoms with E-state index in [4.69, 9.17) is 0 Å². The first kappa shape index (κ1) is 17.1. The Kier molecular flexibility index (Phi) is 7.70. The molecule has 0 unspecified atom stereocenters. The maximum absolute atomic E-state index is 11.9. The number of carbonyl (C=O) groups excluding carboxylic acids is 1. The zero-order valence-corrected chi connectivity index (χ0v) is 13.8. The summed E-state index contributed by atoms with van der Waals surface area (Å²) in [4.78, 5) is 11.9. The SMILES string of the molecule is CNCCCC(=O)Nc1cccc(CSC(C)C)c1C. The summed E-state index contributed by atoms with van der Waals surface area (Å²) in [6.45, 7) is 7.36. The highest BCUT2D eigenvalue weighted by Gasteiger charge is 2.08. The fourth-order valence-electron chi connectivity index (χ4n) is 1.87. The summed E-state index contributed by atoms with van der Waals surface area (Å²) in [5.74, 6) is 1.09. The highest BCUT2D eigenvalue weighted by molar-refractivity contribution is 7.99. The maximum Gasteiger partial charge on any atom is 0.224 e. The fourth-order valence-corrected chi connectivity index (χ4v) is 2.70. The second-order valence-electron chi connectivity index (χ2n) is 5.20. The van der Waals surface area contributed by atoms with Crippen LogP contribution in [0, 0.1) is 6.92 Å². The van der Waals surface area contributed by atoms with E-state index >= 15 is 0 Å². The van der Waals surface area contributed by atoms with Crippen LogP contribution in [0.25, 0.3) is 0 Å². The van der Waals surface area contributed by atoms with E-state index in [1.165, 1.54) is 11.1 Å². The number of benzene rings is 1. The van der Waals surface area contributed by atoms with Crippen molar-refractivity contribution in [3.05, 3.63) is 29.3 Å². The Morgan fingerprint density at radius 3 is 2.75 bits per heavy atom. The van der Waals surface area contributed by atoms with Crippen molar-refractivity contribution in [2.75, 3.05) is 18.9 Å². The van der Waals surface area contributed by atoms with Gasteiger partial charge in [0, 0.05) is 17.9 Å². The monoisotopic (exact) mass is 294 g/mol. The Hall–Kier alpha value is -1.00. The Labute approximate surface area is 126 Å². The number of rotatable bonds is 8. The first-order valence-electron chi connectivity index (χ1n) is 7.19. The number of anilines is 1. The Morgan fingerprint density at radius 1 is 1.35 bits per heavy atom. The molecule has 0 aliphatic heterocycles. The van der Waals surface area contributed by atoms with Crippen molar-refractivity contribution in [3.8, 4) is 0 Å². The van der Waals surface area contributed by atoms with E-state index < -0.39 is 0 Å². The van der Waals surface area contributed by atoms with Crippen molar-refractivity contribution in [1.29, 1.82) is 0 Å². The van der Waals surface area contributed by atoms with Gasteiger partial charge in [-0.1, -0.05) is 26.0 Å². The topological polar surface area (TPSA) is 41.1 Å². The molecule has 1 amide bonds. The Balaban J connectivity index is 2.61. The van der Waals surface area contributed by atoms with Gasteiger partial charge in [0.05, 0.1) is 0 Å². The molecule has 0 aromatic heterocycles. The highest BCUT2D eigenvalue weighted by Crippen LogP contribution is 2.24. The summed E-state index contributed by atoms with van der Waals surface area (Å²) >= 11 is 1.92. The van der Waals surface area contributed by atoms with E-state index in [1.807, 2.05) is 30.9 Å². The first-order chi connectivity index (χ1) is 9.54. The van der Waals surface area contributed by atoms with Gasteiger partial charge >= 0.3 is 0 Å². The molecule has 0 bridgehead atoms. The highest BCUT2D eigenvalue weighted by atomic mass is 32.2. The predicted molar refractivity (Wildman–Crippen MR) is 89.4 cm³/mol. The molecule has 0 fully saturated rings. The molecule has 3 nitrogen and oxygen atoms in total. The summed E-state index contributed by atoms with van der Waals surface area (Å²) in [6.07, 6.45) is 1.43. The molecule has 4 heteroatoms. The minimum absolute atomic E-state index is 0.0945. The molecule has 2 N–H and O–H groups in total. The molecule has 0 heterocycles. The molecule has 1 aromatic rings. The lowest BCUT2D eigenvalue weighted by Crippen LogP contribution is -2.16. The van der Waals surface area contributed by atoms with Crippen LogP contribution in [-0.4, -0.2) is 24.7 Å². The van der Waals surface area contributed by atoms with Crippen LogP contribution in [0.5, 0.6) is 0 Å². The van der Waals surface area contributed by atoms with Gasteiger partial charge in [-0.15, -0.1) is 0 Å². The van der Waals surface area contributed by atoms with E-state index in [0.29, 0.717) is 11.7 Å². The number of hydrogen-bond acceptors (Lipinski definition) is 3. The first-order valence-corrected chi connectivity index (χ1v) is 8.24. The lowest BCUT2D eigenvalue weighted by Gasteiger charge is -2.13. The number of amides is 1. The normalized spacial score (nSPS) is 10.8. The summed E-state index contributed by atoms with van der Waals surface area (Å²) in [7, 11) is 1.90. The third-order valence-electron chi connectivity index (χ3n) is 3.12. The minimum Gasteiger partial charge on any atom is -0.326 e. The zero-order chi connectivity index (χ0) is 15.0. The van der Waals surface area contributed by atoms with Crippen molar-refractivity contribution in [3.63, 3.8) is 0 Å². The molecule has 0 aliphatic rings. The largest absolute Gasteiger partial charge is 0.326 e. The molecule has 0 saturated heterocycles. The van der Waals surface area contributed by atoms with Crippen molar-refractivity contribution in [1.82, 2.24) is 5.32 Å². The molecule has 1 rings (SSSR count). The second kappa shape index (κ2) is 9.03. The van der Waals surface area contributed by atoms with Crippen LogP contribution in [0.3, 0.4) is 0 Å². The third-order valence-corrected chi connectivity index (χ3v) is 4.27. The van der Waals surface area contributed by atoms with Gasteiger partial charge in [-0.05, 0) is 49.4 Å². The molecule has 0 aliphatic carbocycles. The molecular weight excluding hydrogens is 268 g/mol. The standard InChI is InChI=1S/C16H26N2OS/c1-12(2)20-11-14-7-5-8-15(13(14)3)18-16(19)9-6-10-17-4/h5,7-8,12,17H,6,9-11H2,1-4H3,(H,18,19). The maximum atomic E-state index is 11.9. The Bertz CT molecular complexity index is 432. The van der Waals surface area contributed by atoms with Crippen molar-refractivity contribution < 1.29 is 4.79 Å². The van der Waals surface area contributed by atoms with Gasteiger partial charge in [0.15, 0.2) is 0 Å². The molecular formula is C16H26N2OS. The van der Waals surface area contributed by atoms with Gasteiger partial charge in [0.2, 0.25) is 5.91 Å². The van der Waals surface area contributed by atoms with E-state index in [2.05, 4.69) is 37.5 Å². The van der Waals surface area contributed by atoms with Crippen LogP contribution >= 0.6 is 11.8 Å². The van der Waals surface area contributed by atoms with Gasteiger partial charge in [0.25, 0.3) is 0 Å². The van der Waals surface area contributed by atoms with E-state index in [0.717, 1.165) is 24.4 Å². The average Bonchev–Trinajstić information content (AvgIpc) is 2.40. The summed E-state index contributed by atoms with van der Waals surface area (Å²) in [5.41, 5.74) is 3.43. The smallest absolute Gasteiger partial charge is 0.224 e. The number of carbonyl (C=O) groups is 1. The summed E-state index contributed by atoms with van der Waals surface area (Å²) in [6, 6.07) is 6.14. The lowest BCUT2D eigenvalue weighted by molar-refractivity contribution is -0.116. The molecule has 0 radical (unpaired) electrons. The van der Waals surface area contributed by atoms with Crippen LogP contribution < -0.4 is 10.6 Å². The Morgan fingerprint density at radius 2 is 2.10 bits per heavy atom. The van der Waals surface area contributed by atoms with Gasteiger partial charge in [-0.25, -0.2) is 0 Å². The quantitative estimate of drug-likeness (QED) is 0.720.